The molecule has 3 aliphatic heterocycles. The molecule has 3 aliphatic rings. The number of likely N-dealkylation sites (tertiary alicyclic amines) is 1. The third kappa shape index (κ3) is 3.43. The van der Waals surface area contributed by atoms with Crippen LogP contribution in [0.4, 0.5) is 4.79 Å². The third-order valence-electron chi connectivity index (χ3n) is 6.15. The molecular formula is C22H31NO5. The molecule has 154 valence electrons. The van der Waals surface area contributed by atoms with Crippen LogP contribution in [0, 0.1) is 11.8 Å². The molecular weight excluding hydrogens is 358 g/mol. The third-order valence-corrected chi connectivity index (χ3v) is 6.15. The Balaban J connectivity index is 1.55. The van der Waals surface area contributed by atoms with Crippen molar-refractivity contribution in [2.24, 2.45) is 11.8 Å². The van der Waals surface area contributed by atoms with Crippen molar-refractivity contribution < 1.29 is 24.1 Å². The van der Waals surface area contributed by atoms with Crippen LogP contribution < -0.4 is 4.74 Å². The number of piperidine rings is 1. The molecule has 0 radical (unpaired) electrons. The second-order valence-corrected chi connectivity index (χ2v) is 9.81. The number of aromatic hydroxyl groups is 1. The number of carbonyl (C=O) groups is 1. The summed E-state index contributed by atoms with van der Waals surface area (Å²) in [5.74, 6) is 1.11. The van der Waals surface area contributed by atoms with Crippen molar-refractivity contribution in [3.8, 4) is 11.5 Å². The number of phenols is 1. The van der Waals surface area contributed by atoms with E-state index in [0.29, 0.717) is 18.8 Å². The normalized spacial score (nSPS) is 31.1. The Kier molecular flexibility index (Phi) is 4.53. The van der Waals surface area contributed by atoms with Crippen LogP contribution in [0.5, 0.6) is 11.5 Å². The topological polar surface area (TPSA) is 68.2 Å². The lowest BCUT2D eigenvalue weighted by molar-refractivity contribution is -0.186. The maximum absolute atomic E-state index is 12.5. The summed E-state index contributed by atoms with van der Waals surface area (Å²) in [7, 11) is 0. The molecule has 28 heavy (non-hydrogen) atoms. The second-order valence-electron chi connectivity index (χ2n) is 9.81. The molecule has 0 aromatic heterocycles. The Morgan fingerprint density at radius 1 is 1.32 bits per heavy atom. The zero-order valence-electron chi connectivity index (χ0n) is 17.4. The molecule has 1 aromatic carbocycles. The molecule has 4 atom stereocenters. The summed E-state index contributed by atoms with van der Waals surface area (Å²) in [6.45, 7) is 11.1. The fourth-order valence-electron chi connectivity index (χ4n) is 4.80. The second kappa shape index (κ2) is 6.55. The van der Waals surface area contributed by atoms with E-state index in [2.05, 4.69) is 13.8 Å². The first-order valence-corrected chi connectivity index (χ1v) is 10.2. The van der Waals surface area contributed by atoms with Crippen molar-refractivity contribution in [3.63, 3.8) is 0 Å². The van der Waals surface area contributed by atoms with Crippen LogP contribution in [0.3, 0.4) is 0 Å². The standard InChI is InChI=1S/C22H31NO5/c1-21(2,3)28-20(25)23-10-9-17-13(12-23)11-15-18(26-17)14-7-6-8-16(24)19(14)27-22(15,4)5/h6-8,13,15,17-18,24H,9-12H2,1-5H3/t13-,15-,17-,18+/m1/s1. The molecule has 6 nitrogen and oxygen atoms in total. The van der Waals surface area contributed by atoms with Gasteiger partial charge in [-0.15, -0.1) is 0 Å². The van der Waals surface area contributed by atoms with Gasteiger partial charge in [0.05, 0.1) is 12.2 Å². The maximum Gasteiger partial charge on any atom is 0.410 e. The number of carbonyl (C=O) groups excluding carboxylic acids is 1. The van der Waals surface area contributed by atoms with Gasteiger partial charge in [-0.2, -0.15) is 0 Å². The van der Waals surface area contributed by atoms with E-state index in [9.17, 15) is 9.90 Å². The molecule has 0 bridgehead atoms. The maximum atomic E-state index is 12.5. The minimum Gasteiger partial charge on any atom is -0.504 e. The predicted octanol–water partition coefficient (Wildman–Crippen LogP) is 4.27. The van der Waals surface area contributed by atoms with E-state index >= 15 is 0 Å². The summed E-state index contributed by atoms with van der Waals surface area (Å²) in [6, 6.07) is 5.48. The fourth-order valence-corrected chi connectivity index (χ4v) is 4.80. The number of amides is 1. The molecule has 6 heteroatoms. The summed E-state index contributed by atoms with van der Waals surface area (Å²) in [5, 5.41) is 10.3. The molecule has 1 N–H and O–H groups in total. The van der Waals surface area contributed by atoms with Gasteiger partial charge in [0.25, 0.3) is 0 Å². The molecule has 0 saturated carbocycles. The van der Waals surface area contributed by atoms with Gasteiger partial charge in [-0.1, -0.05) is 12.1 Å². The number of phenolic OH excluding ortho intramolecular Hbond substituents is 1. The molecule has 1 aromatic rings. The largest absolute Gasteiger partial charge is 0.504 e. The number of hydrogen-bond donors (Lipinski definition) is 1. The van der Waals surface area contributed by atoms with E-state index in [1.54, 1.807) is 6.07 Å². The zero-order valence-corrected chi connectivity index (χ0v) is 17.4. The lowest BCUT2D eigenvalue weighted by atomic mass is 9.70. The summed E-state index contributed by atoms with van der Waals surface area (Å²) >= 11 is 0. The fraction of sp³-hybridized carbons (Fsp3) is 0.682. The van der Waals surface area contributed by atoms with E-state index in [-0.39, 0.29) is 35.9 Å². The smallest absolute Gasteiger partial charge is 0.410 e. The molecule has 0 spiro atoms. The summed E-state index contributed by atoms with van der Waals surface area (Å²) in [5.41, 5.74) is -0.0276. The van der Waals surface area contributed by atoms with Crippen LogP contribution in [0.15, 0.2) is 18.2 Å². The van der Waals surface area contributed by atoms with E-state index in [1.807, 2.05) is 37.8 Å². The van der Waals surface area contributed by atoms with Crippen LogP contribution >= 0.6 is 0 Å². The van der Waals surface area contributed by atoms with E-state index in [0.717, 1.165) is 18.4 Å². The quantitative estimate of drug-likeness (QED) is 0.718. The highest BCUT2D eigenvalue weighted by Gasteiger charge is 2.52. The Morgan fingerprint density at radius 3 is 2.79 bits per heavy atom. The highest BCUT2D eigenvalue weighted by atomic mass is 16.6. The Hall–Kier alpha value is -1.95. The average molecular weight is 389 g/mol. The number of rotatable bonds is 0. The van der Waals surface area contributed by atoms with Crippen molar-refractivity contribution in [3.05, 3.63) is 23.8 Å². The van der Waals surface area contributed by atoms with Crippen LogP contribution in [0.2, 0.25) is 0 Å². The van der Waals surface area contributed by atoms with Gasteiger partial charge in [0.2, 0.25) is 0 Å². The summed E-state index contributed by atoms with van der Waals surface area (Å²) in [6.07, 6.45) is 1.46. The minimum absolute atomic E-state index is 0.0971. The number of benzene rings is 1. The van der Waals surface area contributed by atoms with Crippen LogP contribution in [0.25, 0.3) is 0 Å². The number of ether oxygens (including phenoxy) is 3. The molecule has 0 unspecified atom stereocenters. The first-order chi connectivity index (χ1) is 13.0. The SMILES string of the molecule is CC(C)(C)OC(=O)N1CC[C@H]2O[C@H]3c4cccc(O)c4OC(C)(C)[C@@H]3C[C@@H]2C1. The number of para-hydroxylation sites is 1. The van der Waals surface area contributed by atoms with Crippen LogP contribution in [-0.2, 0) is 9.47 Å². The zero-order chi connectivity index (χ0) is 20.3. The average Bonchev–Trinajstić information content (AvgIpc) is 2.59. The number of hydrogen-bond acceptors (Lipinski definition) is 5. The molecule has 1 amide bonds. The lowest BCUT2D eigenvalue weighted by Crippen LogP contribution is -2.56. The molecule has 2 fully saturated rings. The van der Waals surface area contributed by atoms with Gasteiger partial charge >= 0.3 is 6.09 Å². The van der Waals surface area contributed by atoms with Gasteiger partial charge in [-0.3, -0.25) is 0 Å². The molecule has 4 rings (SSSR count). The lowest BCUT2D eigenvalue weighted by Gasteiger charge is -2.53. The van der Waals surface area contributed by atoms with E-state index < -0.39 is 11.2 Å². The van der Waals surface area contributed by atoms with Gasteiger partial charge in [-0.25, -0.2) is 4.79 Å². The predicted molar refractivity (Wildman–Crippen MR) is 104 cm³/mol. The van der Waals surface area contributed by atoms with E-state index in [4.69, 9.17) is 14.2 Å². The highest BCUT2D eigenvalue weighted by Crippen LogP contribution is 2.54. The highest BCUT2D eigenvalue weighted by molar-refractivity contribution is 5.68. The van der Waals surface area contributed by atoms with Crippen molar-refractivity contribution >= 4 is 6.09 Å². The van der Waals surface area contributed by atoms with Crippen LogP contribution in [-0.4, -0.2) is 46.5 Å². The van der Waals surface area contributed by atoms with E-state index in [1.165, 1.54) is 0 Å². The van der Waals surface area contributed by atoms with Crippen molar-refractivity contribution in [1.82, 2.24) is 4.90 Å². The van der Waals surface area contributed by atoms with Crippen molar-refractivity contribution in [2.75, 3.05) is 13.1 Å². The summed E-state index contributed by atoms with van der Waals surface area (Å²) < 4.78 is 18.3. The number of nitrogens with zero attached hydrogens (tertiary/aromatic N) is 1. The van der Waals surface area contributed by atoms with Crippen LogP contribution in [0.1, 0.15) is 59.1 Å². The Bertz CT molecular complexity index is 769. The first-order valence-electron chi connectivity index (χ1n) is 10.2. The van der Waals surface area contributed by atoms with Gasteiger partial charge in [0, 0.05) is 30.5 Å². The monoisotopic (exact) mass is 389 g/mol. The van der Waals surface area contributed by atoms with Crippen molar-refractivity contribution in [1.29, 1.82) is 0 Å². The Labute approximate surface area is 166 Å². The number of fused-ring (bicyclic) bond motifs is 4. The summed E-state index contributed by atoms with van der Waals surface area (Å²) in [4.78, 5) is 14.3. The Morgan fingerprint density at radius 2 is 2.07 bits per heavy atom. The minimum atomic E-state index is -0.493. The molecule has 2 saturated heterocycles. The molecule has 0 aliphatic carbocycles. The van der Waals surface area contributed by atoms with Gasteiger partial charge in [-0.05, 0) is 53.5 Å². The van der Waals surface area contributed by atoms with Gasteiger partial charge in [0.15, 0.2) is 11.5 Å². The van der Waals surface area contributed by atoms with Gasteiger partial charge < -0.3 is 24.2 Å². The first kappa shape index (κ1) is 19.4. The van der Waals surface area contributed by atoms with Crippen molar-refractivity contribution in [2.45, 2.75) is 70.9 Å². The molecule has 3 heterocycles. The van der Waals surface area contributed by atoms with Gasteiger partial charge in [0.1, 0.15) is 11.2 Å².